The van der Waals surface area contributed by atoms with Crippen molar-refractivity contribution in [1.29, 1.82) is 0 Å². The van der Waals surface area contributed by atoms with Gasteiger partial charge in [0.1, 0.15) is 11.9 Å². The molecule has 5 nitrogen and oxygen atoms in total. The molecule has 27 heavy (non-hydrogen) atoms. The van der Waals surface area contributed by atoms with Crippen molar-refractivity contribution in [2.75, 3.05) is 6.54 Å². The Bertz CT molecular complexity index is 736. The first-order valence-electron chi connectivity index (χ1n) is 9.51. The van der Waals surface area contributed by atoms with E-state index in [9.17, 15) is 4.79 Å². The molecule has 0 N–H and O–H groups in total. The van der Waals surface area contributed by atoms with Gasteiger partial charge in [-0.2, -0.15) is 0 Å². The first-order valence-corrected chi connectivity index (χ1v) is 9.89. The van der Waals surface area contributed by atoms with Gasteiger partial charge in [-0.1, -0.05) is 17.7 Å². The quantitative estimate of drug-likeness (QED) is 0.582. The van der Waals surface area contributed by atoms with Gasteiger partial charge >= 0.3 is 7.12 Å². The minimum Gasteiger partial charge on any atom is -0.486 e. The number of hydrogen-bond donors (Lipinski definition) is 0. The standard InChI is InChI=1S/C20H29BClNO4/c1-12-10-15(21-26-19(4,5)20(6,7)27-21)13(2)17(22)18(12)25-16-8-9-23(11-24)14(16)3/h10-11,14,16H,8-9H2,1-7H3/t14-,16-/m0/s1. The maximum atomic E-state index is 11.1. The molecular weight excluding hydrogens is 364 g/mol. The molecule has 0 radical (unpaired) electrons. The highest BCUT2D eigenvalue weighted by atomic mass is 35.5. The number of rotatable bonds is 4. The van der Waals surface area contributed by atoms with Crippen molar-refractivity contribution in [3.05, 3.63) is 22.2 Å². The Hall–Kier alpha value is -1.24. The predicted octanol–water partition coefficient (Wildman–Crippen LogP) is 3.25. The van der Waals surface area contributed by atoms with Crippen LogP contribution in [0.3, 0.4) is 0 Å². The summed E-state index contributed by atoms with van der Waals surface area (Å²) in [6, 6.07) is 2.07. The van der Waals surface area contributed by atoms with E-state index in [-0.39, 0.29) is 12.1 Å². The number of carbonyl (C=O) groups excluding carboxylic acids is 1. The maximum Gasteiger partial charge on any atom is 0.495 e. The van der Waals surface area contributed by atoms with Crippen LogP contribution in [0.4, 0.5) is 0 Å². The zero-order valence-electron chi connectivity index (χ0n) is 17.3. The predicted molar refractivity (Wildman–Crippen MR) is 108 cm³/mol. The highest BCUT2D eigenvalue weighted by Gasteiger charge is 2.52. The van der Waals surface area contributed by atoms with Gasteiger partial charge in [0.15, 0.2) is 0 Å². The second-order valence-electron chi connectivity index (χ2n) is 8.67. The fourth-order valence-electron chi connectivity index (χ4n) is 3.63. The van der Waals surface area contributed by atoms with Gasteiger partial charge in [-0.15, -0.1) is 0 Å². The normalized spacial score (nSPS) is 26.5. The van der Waals surface area contributed by atoms with Crippen LogP contribution >= 0.6 is 11.6 Å². The summed E-state index contributed by atoms with van der Waals surface area (Å²) in [6.45, 7) is 14.8. The molecule has 2 atom stereocenters. The van der Waals surface area contributed by atoms with Crippen LogP contribution in [0.5, 0.6) is 5.75 Å². The lowest BCUT2D eigenvalue weighted by atomic mass is 9.75. The Morgan fingerprint density at radius 2 is 1.85 bits per heavy atom. The third-order valence-corrected chi connectivity index (χ3v) is 6.79. The van der Waals surface area contributed by atoms with Gasteiger partial charge in [-0.25, -0.2) is 0 Å². The van der Waals surface area contributed by atoms with Crippen LogP contribution in [-0.4, -0.2) is 48.3 Å². The van der Waals surface area contributed by atoms with E-state index >= 15 is 0 Å². The Labute approximate surface area is 167 Å². The summed E-state index contributed by atoms with van der Waals surface area (Å²) in [7, 11) is -0.462. The number of ether oxygens (including phenoxy) is 1. The third-order valence-electron chi connectivity index (χ3n) is 6.34. The second-order valence-corrected chi connectivity index (χ2v) is 9.05. The monoisotopic (exact) mass is 393 g/mol. The molecule has 0 saturated carbocycles. The van der Waals surface area contributed by atoms with E-state index in [0.29, 0.717) is 17.3 Å². The van der Waals surface area contributed by atoms with Crippen LogP contribution < -0.4 is 10.2 Å². The van der Waals surface area contributed by atoms with Crippen molar-refractivity contribution < 1.29 is 18.8 Å². The highest BCUT2D eigenvalue weighted by Crippen LogP contribution is 2.39. The Kier molecular flexibility index (Phi) is 5.30. The molecule has 3 rings (SSSR count). The highest BCUT2D eigenvalue weighted by molar-refractivity contribution is 6.63. The first kappa shape index (κ1) is 20.5. The van der Waals surface area contributed by atoms with Gasteiger partial charge in [0.25, 0.3) is 0 Å². The average molecular weight is 394 g/mol. The molecule has 1 aromatic carbocycles. The molecule has 0 aromatic heterocycles. The molecule has 0 aliphatic carbocycles. The number of likely N-dealkylation sites (tertiary alicyclic amines) is 1. The van der Waals surface area contributed by atoms with E-state index in [1.54, 1.807) is 4.90 Å². The number of hydrogen-bond acceptors (Lipinski definition) is 4. The molecule has 2 heterocycles. The largest absolute Gasteiger partial charge is 0.495 e. The lowest BCUT2D eigenvalue weighted by molar-refractivity contribution is -0.119. The van der Waals surface area contributed by atoms with E-state index in [2.05, 4.69) is 0 Å². The van der Waals surface area contributed by atoms with E-state index in [4.69, 9.17) is 25.6 Å². The molecule has 148 valence electrons. The van der Waals surface area contributed by atoms with Gasteiger partial charge in [0.05, 0.1) is 22.3 Å². The Balaban J connectivity index is 1.88. The lowest BCUT2D eigenvalue weighted by Crippen LogP contribution is -2.41. The Morgan fingerprint density at radius 3 is 2.37 bits per heavy atom. The molecule has 2 aliphatic rings. The summed E-state index contributed by atoms with van der Waals surface area (Å²) in [6.07, 6.45) is 1.62. The van der Waals surface area contributed by atoms with Crippen LogP contribution in [0, 0.1) is 13.8 Å². The molecule has 0 spiro atoms. The molecule has 0 unspecified atom stereocenters. The third kappa shape index (κ3) is 3.48. The zero-order valence-corrected chi connectivity index (χ0v) is 18.0. The minimum atomic E-state index is -0.462. The number of aryl methyl sites for hydroxylation is 1. The summed E-state index contributed by atoms with van der Waals surface area (Å²) in [5, 5.41) is 0.580. The summed E-state index contributed by atoms with van der Waals surface area (Å²) < 4.78 is 18.6. The second kappa shape index (κ2) is 6.98. The van der Waals surface area contributed by atoms with E-state index in [0.717, 1.165) is 29.4 Å². The SMILES string of the molecule is Cc1cc(B2OC(C)(C)C(C)(C)O2)c(C)c(Cl)c1O[C@H]1CCN(C=O)[C@H]1C. The van der Waals surface area contributed by atoms with Crippen molar-refractivity contribution in [2.24, 2.45) is 0 Å². The van der Waals surface area contributed by atoms with Crippen molar-refractivity contribution in [2.45, 2.75) is 78.2 Å². The van der Waals surface area contributed by atoms with Gasteiger partial charge in [-0.05, 0) is 65.1 Å². The van der Waals surface area contributed by atoms with E-state index < -0.39 is 18.3 Å². The van der Waals surface area contributed by atoms with Crippen LogP contribution in [0.1, 0.15) is 52.2 Å². The fraction of sp³-hybridized carbons (Fsp3) is 0.650. The van der Waals surface area contributed by atoms with Gasteiger partial charge in [-0.3, -0.25) is 4.79 Å². The summed E-state index contributed by atoms with van der Waals surface area (Å²) in [5.41, 5.74) is 1.95. The number of amides is 1. The molecule has 2 fully saturated rings. The van der Waals surface area contributed by atoms with Crippen LogP contribution in [-0.2, 0) is 14.1 Å². The van der Waals surface area contributed by atoms with Gasteiger partial charge in [0, 0.05) is 13.0 Å². The summed E-state index contributed by atoms with van der Waals surface area (Å²) in [4.78, 5) is 12.9. The molecule has 7 heteroatoms. The first-order chi connectivity index (χ1) is 12.5. The topological polar surface area (TPSA) is 48.0 Å². The van der Waals surface area contributed by atoms with Gasteiger partial charge in [0.2, 0.25) is 6.41 Å². The van der Waals surface area contributed by atoms with Crippen molar-refractivity contribution in [1.82, 2.24) is 4.90 Å². The molecule has 2 aliphatic heterocycles. The number of carbonyl (C=O) groups is 1. The van der Waals surface area contributed by atoms with Crippen molar-refractivity contribution in [3.63, 3.8) is 0 Å². The van der Waals surface area contributed by atoms with Crippen LogP contribution in [0.25, 0.3) is 0 Å². The molecule has 2 saturated heterocycles. The number of nitrogens with zero attached hydrogens (tertiary/aromatic N) is 1. The molecular formula is C20H29BClNO4. The number of benzene rings is 1. The zero-order chi connectivity index (χ0) is 20.1. The maximum absolute atomic E-state index is 11.1. The van der Waals surface area contributed by atoms with E-state index in [1.807, 2.05) is 54.5 Å². The lowest BCUT2D eigenvalue weighted by Gasteiger charge is -2.32. The van der Waals surface area contributed by atoms with Crippen molar-refractivity contribution in [3.8, 4) is 5.75 Å². The van der Waals surface area contributed by atoms with Gasteiger partial charge < -0.3 is 18.9 Å². The summed E-state index contributed by atoms with van der Waals surface area (Å²) in [5.74, 6) is 0.680. The van der Waals surface area contributed by atoms with Crippen molar-refractivity contribution >= 4 is 30.6 Å². The average Bonchev–Trinajstić information content (AvgIpc) is 3.03. The molecule has 1 amide bonds. The van der Waals surface area contributed by atoms with Crippen LogP contribution in [0.15, 0.2) is 6.07 Å². The number of halogens is 1. The minimum absolute atomic E-state index is 0.0287. The molecule has 0 bridgehead atoms. The fourth-order valence-corrected chi connectivity index (χ4v) is 3.93. The Morgan fingerprint density at radius 1 is 1.26 bits per heavy atom. The summed E-state index contributed by atoms with van der Waals surface area (Å²) >= 11 is 6.70. The molecule has 1 aromatic rings. The smallest absolute Gasteiger partial charge is 0.486 e. The van der Waals surface area contributed by atoms with Crippen LogP contribution in [0.2, 0.25) is 5.02 Å². The van der Waals surface area contributed by atoms with E-state index in [1.165, 1.54) is 0 Å².